The summed E-state index contributed by atoms with van der Waals surface area (Å²) in [7, 11) is -5.82. The van der Waals surface area contributed by atoms with Crippen LogP contribution in [0.15, 0.2) is 70.5 Å². The predicted octanol–water partition coefficient (Wildman–Crippen LogP) is 2.11. The van der Waals surface area contributed by atoms with Crippen LogP contribution < -0.4 is 16.1 Å². The first-order valence-electron chi connectivity index (χ1n) is 11.6. The Hall–Kier alpha value is -3.64. The normalized spacial score (nSPS) is 11.4. The van der Waals surface area contributed by atoms with Gasteiger partial charge in [0.05, 0.1) is 4.90 Å². The summed E-state index contributed by atoms with van der Waals surface area (Å²) in [5, 5.41) is 24.4. The van der Waals surface area contributed by atoms with Crippen LogP contribution in [0.5, 0.6) is 0 Å². The lowest BCUT2D eigenvalue weighted by molar-refractivity contribution is 0.0924. The molecular weight excluding hydrogens is 529 g/mol. The van der Waals surface area contributed by atoms with E-state index in [9.17, 15) is 28.1 Å². The molecule has 4 rings (SSSR count). The average molecular weight is 554 g/mol. The summed E-state index contributed by atoms with van der Waals surface area (Å²) in [5.41, 5.74) is 2.21. The third-order valence-electron chi connectivity index (χ3n) is 5.86. The topological polar surface area (TPSA) is 149 Å². The quantitative estimate of drug-likeness (QED) is 0.167. The highest BCUT2D eigenvalue weighted by Crippen LogP contribution is 2.34. The number of aryl methyl sites for hydroxylation is 2. The lowest BCUT2D eigenvalue weighted by Gasteiger charge is -2.10. The fourth-order valence-electron chi connectivity index (χ4n) is 4.17. The molecule has 0 fully saturated rings. The summed E-state index contributed by atoms with van der Waals surface area (Å²) in [6.45, 7) is 3.64. The van der Waals surface area contributed by atoms with Crippen molar-refractivity contribution in [3.05, 3.63) is 88.1 Å². The molecule has 38 heavy (non-hydrogen) atoms. The van der Waals surface area contributed by atoms with Crippen molar-refractivity contribution in [2.45, 2.75) is 23.6 Å². The maximum Gasteiger partial charge on any atom is 0.488 e. The van der Waals surface area contributed by atoms with Gasteiger partial charge in [0, 0.05) is 34.6 Å². The van der Waals surface area contributed by atoms with E-state index in [0.717, 1.165) is 11.1 Å². The van der Waals surface area contributed by atoms with Crippen LogP contribution in [-0.4, -0.2) is 55.5 Å². The molecule has 1 heterocycles. The third-order valence-corrected chi connectivity index (χ3v) is 7.91. The number of carbonyl (C=O) groups is 2. The predicted molar refractivity (Wildman–Crippen MR) is 146 cm³/mol. The van der Waals surface area contributed by atoms with Gasteiger partial charge >= 0.3 is 7.12 Å². The molecule has 0 unspecified atom stereocenters. The Labute approximate surface area is 224 Å². The number of aromatic nitrogens is 1. The monoisotopic (exact) mass is 553 g/mol. The van der Waals surface area contributed by atoms with Gasteiger partial charge in [-0.05, 0) is 72.9 Å². The molecule has 2 amide bonds. The zero-order valence-corrected chi connectivity index (χ0v) is 22.2. The average Bonchev–Trinajstić information content (AvgIpc) is 3.25. The Bertz CT molecular complexity index is 1630. The summed E-state index contributed by atoms with van der Waals surface area (Å²) in [5.74, 6) is -1.14. The van der Waals surface area contributed by atoms with Gasteiger partial charge in [-0.25, -0.2) is 8.42 Å². The number of rotatable bonds is 8. The van der Waals surface area contributed by atoms with E-state index in [1.807, 2.05) is 6.07 Å². The van der Waals surface area contributed by atoms with Crippen LogP contribution in [0.25, 0.3) is 10.9 Å². The van der Waals surface area contributed by atoms with Crippen molar-refractivity contribution in [2.75, 3.05) is 13.1 Å². The van der Waals surface area contributed by atoms with E-state index >= 15 is 0 Å². The summed E-state index contributed by atoms with van der Waals surface area (Å²) in [6.07, 6.45) is 0. The van der Waals surface area contributed by atoms with Crippen LogP contribution in [0.2, 0.25) is 5.02 Å². The molecule has 196 valence electrons. The van der Waals surface area contributed by atoms with E-state index < -0.39 is 28.8 Å². The molecule has 4 aromatic rings. The minimum absolute atomic E-state index is 0.00600. The lowest BCUT2D eigenvalue weighted by Crippen LogP contribution is -2.36. The van der Waals surface area contributed by atoms with Crippen molar-refractivity contribution in [2.24, 2.45) is 0 Å². The first-order valence-corrected chi connectivity index (χ1v) is 13.5. The van der Waals surface area contributed by atoms with E-state index in [0.29, 0.717) is 15.9 Å². The molecule has 0 saturated heterocycles. The highest BCUT2D eigenvalue weighted by Gasteiger charge is 2.30. The zero-order chi connectivity index (χ0) is 27.6. The second kappa shape index (κ2) is 11.0. The van der Waals surface area contributed by atoms with E-state index in [2.05, 4.69) is 15.6 Å². The van der Waals surface area contributed by atoms with Crippen molar-refractivity contribution in [1.82, 2.24) is 15.6 Å². The number of fused-ring (bicyclic) bond motifs is 1. The van der Waals surface area contributed by atoms with Gasteiger partial charge in [-0.15, -0.1) is 0 Å². The SMILES string of the molecule is Cc1cc(C)cc(S(=O)(=O)c2c(C(=O)NCCNC(=O)c3cccc(B(O)O)c3)[nH]c3ccc(Cl)cc23)c1. The van der Waals surface area contributed by atoms with Crippen LogP contribution in [0, 0.1) is 13.8 Å². The van der Waals surface area contributed by atoms with Gasteiger partial charge in [0.15, 0.2) is 0 Å². The Morgan fingerprint density at radius 3 is 2.24 bits per heavy atom. The molecule has 0 radical (unpaired) electrons. The molecule has 0 atom stereocenters. The van der Waals surface area contributed by atoms with Gasteiger partial charge in [0.2, 0.25) is 9.84 Å². The van der Waals surface area contributed by atoms with E-state index in [-0.39, 0.29) is 39.6 Å². The Balaban J connectivity index is 1.56. The number of carbonyl (C=O) groups excluding carboxylic acids is 2. The second-order valence-corrected chi connectivity index (χ2v) is 11.2. The lowest BCUT2D eigenvalue weighted by atomic mass is 9.79. The molecule has 1 aromatic heterocycles. The number of aromatic amines is 1. The summed E-state index contributed by atoms with van der Waals surface area (Å²) >= 11 is 6.16. The molecule has 0 spiro atoms. The van der Waals surface area contributed by atoms with Crippen molar-refractivity contribution in [3.63, 3.8) is 0 Å². The molecule has 9 nitrogen and oxygen atoms in total. The number of H-pyrrole nitrogens is 1. The van der Waals surface area contributed by atoms with Gasteiger partial charge in [0.1, 0.15) is 10.6 Å². The first kappa shape index (κ1) is 27.4. The van der Waals surface area contributed by atoms with Gasteiger partial charge < -0.3 is 25.7 Å². The first-order chi connectivity index (χ1) is 18.0. The smallest absolute Gasteiger partial charge is 0.423 e. The third kappa shape index (κ3) is 5.76. The van der Waals surface area contributed by atoms with Gasteiger partial charge in [0.25, 0.3) is 11.8 Å². The molecule has 0 aliphatic rings. The number of amides is 2. The largest absolute Gasteiger partial charge is 0.488 e. The number of halogens is 1. The molecule has 0 bridgehead atoms. The molecule has 0 aliphatic carbocycles. The second-order valence-electron chi connectivity index (χ2n) is 8.86. The molecule has 3 aromatic carbocycles. The van der Waals surface area contributed by atoms with Crippen LogP contribution >= 0.6 is 11.6 Å². The van der Waals surface area contributed by atoms with Crippen molar-refractivity contribution in [1.29, 1.82) is 0 Å². The Kier molecular flexibility index (Phi) is 7.93. The maximum atomic E-state index is 13.8. The van der Waals surface area contributed by atoms with Crippen LogP contribution in [0.1, 0.15) is 32.0 Å². The zero-order valence-electron chi connectivity index (χ0n) is 20.6. The number of hydrogen-bond acceptors (Lipinski definition) is 6. The van der Waals surface area contributed by atoms with Crippen molar-refractivity contribution < 1.29 is 28.1 Å². The summed E-state index contributed by atoms with van der Waals surface area (Å²) in [4.78, 5) is 28.3. The number of hydrogen-bond donors (Lipinski definition) is 5. The number of nitrogens with one attached hydrogen (secondary N) is 3. The standard InChI is InChI=1S/C26H25BClN3O6S/c1-15-10-16(2)12-20(11-15)38(36,37)24-21-14-19(28)6-7-22(21)31-23(24)26(33)30-9-8-29-25(32)17-4-3-5-18(13-17)27(34)35/h3-7,10-14,31,34-35H,8-9H2,1-2H3,(H,29,32)(H,30,33). The molecule has 12 heteroatoms. The number of sulfone groups is 1. The maximum absolute atomic E-state index is 13.8. The Morgan fingerprint density at radius 2 is 1.58 bits per heavy atom. The molecular formula is C26H25BClN3O6S. The fourth-order valence-corrected chi connectivity index (χ4v) is 6.13. The van der Waals surface area contributed by atoms with E-state index in [1.54, 1.807) is 38.1 Å². The van der Waals surface area contributed by atoms with Crippen molar-refractivity contribution in [3.8, 4) is 0 Å². The number of benzene rings is 3. The molecule has 0 aliphatic heterocycles. The van der Waals surface area contributed by atoms with Crippen LogP contribution in [0.3, 0.4) is 0 Å². The summed E-state index contributed by atoms with van der Waals surface area (Å²) < 4.78 is 27.5. The fraction of sp³-hybridized carbons (Fsp3) is 0.154. The van der Waals surface area contributed by atoms with Gasteiger partial charge in [-0.3, -0.25) is 9.59 Å². The van der Waals surface area contributed by atoms with Crippen LogP contribution in [-0.2, 0) is 9.84 Å². The highest BCUT2D eigenvalue weighted by atomic mass is 35.5. The minimum Gasteiger partial charge on any atom is -0.423 e. The van der Waals surface area contributed by atoms with E-state index in [1.165, 1.54) is 30.3 Å². The molecule has 5 N–H and O–H groups in total. The van der Waals surface area contributed by atoms with E-state index in [4.69, 9.17) is 11.6 Å². The minimum atomic E-state index is -4.11. The van der Waals surface area contributed by atoms with Crippen molar-refractivity contribution >= 4 is 56.7 Å². The van der Waals surface area contributed by atoms with Gasteiger partial charge in [-0.1, -0.05) is 29.8 Å². The Morgan fingerprint density at radius 1 is 0.921 bits per heavy atom. The van der Waals surface area contributed by atoms with Crippen LogP contribution in [0.4, 0.5) is 0 Å². The summed E-state index contributed by atoms with van der Waals surface area (Å²) in [6, 6.07) is 15.5. The molecule has 0 saturated carbocycles. The highest BCUT2D eigenvalue weighted by molar-refractivity contribution is 7.91. The van der Waals surface area contributed by atoms with Gasteiger partial charge in [-0.2, -0.15) is 0 Å².